The summed E-state index contributed by atoms with van der Waals surface area (Å²) in [5.74, 6) is -2.64. The van der Waals surface area contributed by atoms with E-state index in [1.165, 1.54) is 25.3 Å². The number of nitrogens with two attached hydrogens (primary N) is 1. The fraction of sp³-hybridized carbons (Fsp3) is 0.292. The molecule has 0 radical (unpaired) electrons. The zero-order chi connectivity index (χ0) is 23.7. The second kappa shape index (κ2) is 8.93. The fourth-order valence-corrected chi connectivity index (χ4v) is 4.46. The number of fused-ring (bicyclic) bond motifs is 1. The number of primary amides is 1. The monoisotopic (exact) mass is 453 g/mol. The topological polar surface area (TPSA) is 126 Å². The summed E-state index contributed by atoms with van der Waals surface area (Å²) in [5.41, 5.74) is 7.04. The first-order valence-electron chi connectivity index (χ1n) is 10.6. The number of hydrogen-bond acceptors (Lipinski definition) is 5. The number of carboxylic acids is 1. The van der Waals surface area contributed by atoms with Gasteiger partial charge in [-0.1, -0.05) is 12.1 Å². The molecule has 3 aromatic rings. The molecule has 1 amide bonds. The van der Waals surface area contributed by atoms with Gasteiger partial charge in [-0.25, -0.2) is 9.18 Å². The highest BCUT2D eigenvalue weighted by atomic mass is 19.1. The number of piperidine rings is 1. The SMILES string of the molecule is COc1cc2[nH]c(N3CCC(Cc4ccc(F)cc4)CC3)c(C(=O)C(=O)O)c2cc1C(N)=O. The van der Waals surface area contributed by atoms with E-state index in [1.807, 2.05) is 4.90 Å². The minimum atomic E-state index is -1.58. The molecule has 0 aliphatic carbocycles. The summed E-state index contributed by atoms with van der Waals surface area (Å²) in [6.45, 7) is 1.22. The first kappa shape index (κ1) is 22.3. The predicted octanol–water partition coefficient (Wildman–Crippen LogP) is 3.14. The van der Waals surface area contributed by atoms with Crippen LogP contribution in [0.5, 0.6) is 5.75 Å². The maximum absolute atomic E-state index is 13.2. The lowest BCUT2D eigenvalue weighted by Crippen LogP contribution is -2.35. The number of aromatic amines is 1. The number of nitrogens with one attached hydrogen (secondary N) is 1. The quantitative estimate of drug-likeness (QED) is 0.373. The molecule has 8 nitrogen and oxygen atoms in total. The number of rotatable bonds is 7. The van der Waals surface area contributed by atoms with Gasteiger partial charge in [0.2, 0.25) is 0 Å². The molecule has 4 N–H and O–H groups in total. The van der Waals surface area contributed by atoms with Crippen molar-refractivity contribution in [3.05, 3.63) is 58.9 Å². The van der Waals surface area contributed by atoms with Crippen molar-refractivity contribution in [3.63, 3.8) is 0 Å². The van der Waals surface area contributed by atoms with Gasteiger partial charge < -0.3 is 25.5 Å². The van der Waals surface area contributed by atoms with Gasteiger partial charge in [-0.05, 0) is 48.9 Å². The van der Waals surface area contributed by atoms with Crippen molar-refractivity contribution in [2.24, 2.45) is 11.7 Å². The summed E-state index contributed by atoms with van der Waals surface area (Å²) in [4.78, 5) is 41.2. The van der Waals surface area contributed by atoms with Crippen LogP contribution in [0.2, 0.25) is 0 Å². The molecule has 1 aromatic heterocycles. The summed E-state index contributed by atoms with van der Waals surface area (Å²) >= 11 is 0. The number of anilines is 1. The highest BCUT2D eigenvalue weighted by Gasteiger charge is 2.30. The molecule has 0 unspecified atom stereocenters. The molecule has 0 spiro atoms. The maximum atomic E-state index is 13.2. The molecule has 1 fully saturated rings. The number of ketones is 1. The average molecular weight is 453 g/mol. The standard InChI is InChI=1S/C24H24FN3O5/c1-33-19-12-18-16(11-17(19)22(26)30)20(21(29)24(31)32)23(27-18)28-8-6-14(7-9-28)10-13-2-4-15(25)5-3-13/h2-5,11-12,14,27H,6-10H2,1H3,(H2,26,30)(H,31,32). The Morgan fingerprint density at radius 3 is 2.42 bits per heavy atom. The molecule has 0 atom stereocenters. The van der Waals surface area contributed by atoms with Crippen LogP contribution < -0.4 is 15.4 Å². The number of H-pyrrole nitrogens is 1. The Balaban J connectivity index is 1.65. The number of nitrogens with zero attached hydrogens (tertiary/aromatic N) is 1. The minimum absolute atomic E-state index is 0.000336. The Morgan fingerprint density at radius 2 is 1.85 bits per heavy atom. The molecule has 2 aromatic carbocycles. The Morgan fingerprint density at radius 1 is 1.18 bits per heavy atom. The summed E-state index contributed by atoms with van der Waals surface area (Å²) in [6.07, 6.45) is 2.47. The lowest BCUT2D eigenvalue weighted by atomic mass is 9.90. The number of methoxy groups -OCH3 is 1. The normalized spacial score (nSPS) is 14.4. The van der Waals surface area contributed by atoms with Gasteiger partial charge in [-0.15, -0.1) is 0 Å². The predicted molar refractivity (Wildman–Crippen MR) is 120 cm³/mol. The van der Waals surface area contributed by atoms with Crippen LogP contribution in [0, 0.1) is 11.7 Å². The number of aliphatic carboxylic acids is 1. The van der Waals surface area contributed by atoms with Gasteiger partial charge in [0.05, 0.1) is 23.8 Å². The first-order valence-corrected chi connectivity index (χ1v) is 10.6. The third-order valence-electron chi connectivity index (χ3n) is 6.15. The number of carbonyl (C=O) groups is 3. The number of amides is 1. The summed E-state index contributed by atoms with van der Waals surface area (Å²) < 4.78 is 18.4. The van der Waals surface area contributed by atoms with Gasteiger partial charge in [-0.2, -0.15) is 0 Å². The minimum Gasteiger partial charge on any atom is -0.496 e. The van der Waals surface area contributed by atoms with Crippen molar-refractivity contribution >= 4 is 34.4 Å². The first-order chi connectivity index (χ1) is 15.8. The van der Waals surface area contributed by atoms with E-state index >= 15 is 0 Å². The van der Waals surface area contributed by atoms with Crippen LogP contribution in [0.1, 0.15) is 39.1 Å². The van der Waals surface area contributed by atoms with Crippen LogP contribution in [0.15, 0.2) is 36.4 Å². The lowest BCUT2D eigenvalue weighted by Gasteiger charge is -2.33. The van der Waals surface area contributed by atoms with E-state index in [1.54, 1.807) is 18.2 Å². The molecule has 4 rings (SSSR count). The largest absolute Gasteiger partial charge is 0.496 e. The van der Waals surface area contributed by atoms with Gasteiger partial charge >= 0.3 is 5.97 Å². The van der Waals surface area contributed by atoms with E-state index in [2.05, 4.69) is 4.98 Å². The van der Waals surface area contributed by atoms with Crippen LogP contribution >= 0.6 is 0 Å². The van der Waals surface area contributed by atoms with Crippen molar-refractivity contribution in [1.82, 2.24) is 4.98 Å². The van der Waals surface area contributed by atoms with Crippen molar-refractivity contribution in [3.8, 4) is 5.75 Å². The van der Waals surface area contributed by atoms with Crippen LogP contribution in [0.3, 0.4) is 0 Å². The average Bonchev–Trinajstić information content (AvgIpc) is 3.17. The number of ether oxygens (including phenoxy) is 1. The zero-order valence-corrected chi connectivity index (χ0v) is 18.1. The van der Waals surface area contributed by atoms with Crippen LogP contribution in [0.25, 0.3) is 10.9 Å². The van der Waals surface area contributed by atoms with Gasteiger partial charge in [0.15, 0.2) is 0 Å². The van der Waals surface area contributed by atoms with E-state index in [-0.39, 0.29) is 22.7 Å². The van der Waals surface area contributed by atoms with Gasteiger partial charge in [-0.3, -0.25) is 9.59 Å². The number of aromatic nitrogens is 1. The van der Waals surface area contributed by atoms with Crippen molar-refractivity contribution < 1.29 is 28.6 Å². The van der Waals surface area contributed by atoms with Gasteiger partial charge in [0, 0.05) is 24.5 Å². The Kier molecular flexibility index (Phi) is 6.04. The molecule has 33 heavy (non-hydrogen) atoms. The molecular weight excluding hydrogens is 429 g/mol. The molecule has 2 heterocycles. The maximum Gasteiger partial charge on any atom is 0.377 e. The van der Waals surface area contributed by atoms with Gasteiger partial charge in [0.1, 0.15) is 17.4 Å². The highest BCUT2D eigenvalue weighted by molar-refractivity contribution is 6.43. The highest BCUT2D eigenvalue weighted by Crippen LogP contribution is 2.36. The molecule has 1 aliphatic rings. The number of carbonyl (C=O) groups excluding carboxylic acids is 2. The third-order valence-corrected chi connectivity index (χ3v) is 6.15. The summed E-state index contributed by atoms with van der Waals surface area (Å²) in [6, 6.07) is 9.41. The van der Waals surface area contributed by atoms with Crippen LogP contribution in [-0.2, 0) is 11.2 Å². The Hall–Kier alpha value is -3.88. The molecule has 9 heteroatoms. The van der Waals surface area contributed by atoms with Crippen LogP contribution in [0.4, 0.5) is 10.2 Å². The number of hydrogen-bond donors (Lipinski definition) is 3. The van der Waals surface area contributed by atoms with E-state index in [0.29, 0.717) is 35.7 Å². The summed E-state index contributed by atoms with van der Waals surface area (Å²) in [7, 11) is 1.40. The molecule has 0 bridgehead atoms. The zero-order valence-electron chi connectivity index (χ0n) is 18.1. The Bertz CT molecular complexity index is 1230. The number of benzene rings is 2. The number of Topliss-reactive ketones (excluding diaryl/α,β-unsaturated/α-hetero) is 1. The third kappa shape index (κ3) is 4.39. The molecule has 0 saturated carbocycles. The molecular formula is C24H24FN3O5. The fourth-order valence-electron chi connectivity index (χ4n) is 4.46. The smallest absolute Gasteiger partial charge is 0.377 e. The van der Waals surface area contributed by atoms with E-state index in [9.17, 15) is 23.9 Å². The second-order valence-electron chi connectivity index (χ2n) is 8.21. The lowest BCUT2D eigenvalue weighted by molar-refractivity contribution is -0.131. The number of carboxylic acid groups (broad SMARTS) is 1. The Labute approximate surface area is 189 Å². The van der Waals surface area contributed by atoms with Crippen molar-refractivity contribution in [1.29, 1.82) is 0 Å². The molecule has 172 valence electrons. The second-order valence-corrected chi connectivity index (χ2v) is 8.21. The van der Waals surface area contributed by atoms with Crippen molar-refractivity contribution in [2.75, 3.05) is 25.1 Å². The number of halogens is 1. The van der Waals surface area contributed by atoms with Crippen LogP contribution in [-0.4, -0.2) is 47.9 Å². The molecule has 1 saturated heterocycles. The van der Waals surface area contributed by atoms with E-state index in [0.717, 1.165) is 24.8 Å². The van der Waals surface area contributed by atoms with E-state index < -0.39 is 17.7 Å². The van der Waals surface area contributed by atoms with Crippen molar-refractivity contribution in [2.45, 2.75) is 19.3 Å². The molecule has 1 aliphatic heterocycles. The van der Waals surface area contributed by atoms with E-state index in [4.69, 9.17) is 10.5 Å². The summed E-state index contributed by atoms with van der Waals surface area (Å²) in [5, 5.41) is 9.72. The van der Waals surface area contributed by atoms with Gasteiger partial charge in [0.25, 0.3) is 11.7 Å².